The number of aliphatic hydroxyl groups excluding tert-OH is 1. The number of aldehydes is 1. The van der Waals surface area contributed by atoms with Crippen molar-refractivity contribution >= 4 is 62.7 Å². The van der Waals surface area contributed by atoms with Crippen LogP contribution >= 0.6 is 22.9 Å². The van der Waals surface area contributed by atoms with Crippen LogP contribution in [0.5, 0.6) is 0 Å². The molecular formula is C41H50ClN5O6S. The SMILES string of the molecule is CCC[C@](NC(=O)C1CC2(CC(c3cccc(Cl)c3)=NO2)CN1C(=O)[C@H](Cc1csc2ccccc12)NC(=O)CC1CCCCC1)(NC1CC1)C(O)C=O. The molecule has 0 bridgehead atoms. The van der Waals surface area contributed by atoms with Crippen LogP contribution in [0.25, 0.3) is 10.1 Å². The van der Waals surface area contributed by atoms with Gasteiger partial charge in [-0.15, -0.1) is 11.3 Å². The maximum absolute atomic E-state index is 15.1. The normalized spacial score (nSPS) is 23.7. The van der Waals surface area contributed by atoms with E-state index in [4.69, 9.17) is 16.4 Å². The fraction of sp³-hybridized carbons (Fsp3) is 0.537. The van der Waals surface area contributed by atoms with E-state index in [1.165, 1.54) is 11.3 Å². The average Bonchev–Trinajstić information content (AvgIpc) is 3.56. The highest BCUT2D eigenvalue weighted by Crippen LogP contribution is 2.40. The Morgan fingerprint density at radius 3 is 2.67 bits per heavy atom. The van der Waals surface area contributed by atoms with Gasteiger partial charge in [-0.2, -0.15) is 0 Å². The molecule has 1 aromatic heterocycles. The van der Waals surface area contributed by atoms with E-state index in [1.54, 1.807) is 23.5 Å². The number of nitrogens with zero attached hydrogens (tertiary/aromatic N) is 2. The Morgan fingerprint density at radius 2 is 1.93 bits per heavy atom. The van der Waals surface area contributed by atoms with Crippen molar-refractivity contribution in [1.82, 2.24) is 20.9 Å². The minimum Gasteiger partial charge on any atom is -0.387 e. The van der Waals surface area contributed by atoms with E-state index in [1.807, 2.05) is 48.7 Å². The molecule has 3 amide bonds. The first kappa shape index (κ1) is 38.4. The number of thiophene rings is 1. The summed E-state index contributed by atoms with van der Waals surface area (Å²) < 4.78 is 1.08. The number of benzene rings is 2. The van der Waals surface area contributed by atoms with E-state index in [0.29, 0.717) is 42.7 Å². The molecule has 7 rings (SSSR count). The molecule has 0 radical (unpaired) electrons. The maximum atomic E-state index is 15.1. The number of carbonyl (C=O) groups is 4. The van der Waals surface area contributed by atoms with Gasteiger partial charge in [-0.25, -0.2) is 0 Å². The predicted molar refractivity (Wildman–Crippen MR) is 209 cm³/mol. The van der Waals surface area contributed by atoms with Gasteiger partial charge in [-0.1, -0.05) is 79.7 Å². The van der Waals surface area contributed by atoms with Crippen molar-refractivity contribution in [3.8, 4) is 0 Å². The smallest absolute Gasteiger partial charge is 0.246 e. The molecule has 13 heteroatoms. The number of halogens is 1. The zero-order chi connectivity index (χ0) is 37.9. The molecular weight excluding hydrogens is 726 g/mol. The minimum atomic E-state index is -1.51. The molecule has 4 aliphatic rings. The van der Waals surface area contributed by atoms with Crippen LogP contribution in [-0.2, 0) is 30.4 Å². The number of hydrogen-bond acceptors (Lipinski definition) is 9. The van der Waals surface area contributed by atoms with Crippen molar-refractivity contribution in [1.29, 1.82) is 0 Å². The molecule has 3 unspecified atom stereocenters. The highest BCUT2D eigenvalue weighted by Gasteiger charge is 2.56. The summed E-state index contributed by atoms with van der Waals surface area (Å²) in [5.74, 6) is -0.820. The van der Waals surface area contributed by atoms with Crippen LogP contribution in [0.2, 0.25) is 5.02 Å². The summed E-state index contributed by atoms with van der Waals surface area (Å²) in [5.41, 5.74) is -0.0642. The monoisotopic (exact) mass is 775 g/mol. The Hall–Kier alpha value is -3.84. The highest BCUT2D eigenvalue weighted by atomic mass is 35.5. The van der Waals surface area contributed by atoms with Gasteiger partial charge in [0, 0.05) is 47.0 Å². The van der Waals surface area contributed by atoms with Crippen LogP contribution in [0.1, 0.15) is 95.1 Å². The third-order valence-electron chi connectivity index (χ3n) is 11.5. The van der Waals surface area contributed by atoms with Crippen LogP contribution in [0, 0.1) is 5.92 Å². The van der Waals surface area contributed by atoms with Gasteiger partial charge in [0.15, 0.2) is 11.9 Å². The number of nitrogens with one attached hydrogen (secondary N) is 3. The number of fused-ring (bicyclic) bond motifs is 1. The standard InChI is InChI=1S/C41H50ClN5O6S/c1-2-17-41(36(49)23-48,44-30-15-16-30)45-38(51)34-22-40(21-33(46-53-40)27-11-8-12-29(42)19-27)25-47(34)39(52)32(43-37(50)18-26-9-4-3-5-10-26)20-28-24-54-35-14-7-6-13-31(28)35/h6-8,11-14,19,23-24,26,30,32,34,36,44,49H,2-5,9-10,15-18,20-22,25H2,1H3,(H,43,50)(H,45,51)/t32-,34?,36?,40?,41+/m0/s1. The zero-order valence-corrected chi connectivity index (χ0v) is 32.3. The fourth-order valence-corrected chi connectivity index (χ4v) is 9.72. The van der Waals surface area contributed by atoms with Gasteiger partial charge in [-0.3, -0.25) is 19.7 Å². The number of aliphatic hydroxyl groups is 1. The summed E-state index contributed by atoms with van der Waals surface area (Å²) in [6.07, 6.45) is 7.91. The number of carbonyl (C=O) groups excluding carboxylic acids is 4. The van der Waals surface area contributed by atoms with E-state index in [-0.39, 0.29) is 37.3 Å². The van der Waals surface area contributed by atoms with Crippen molar-refractivity contribution in [2.45, 2.75) is 126 Å². The molecule has 2 aliphatic carbocycles. The molecule has 5 atom stereocenters. The average molecular weight is 776 g/mol. The second kappa shape index (κ2) is 16.5. The Bertz CT molecular complexity index is 1890. The lowest BCUT2D eigenvalue weighted by atomic mass is 9.86. The molecule has 1 spiro atoms. The lowest BCUT2D eigenvalue weighted by Gasteiger charge is -2.39. The van der Waals surface area contributed by atoms with E-state index in [0.717, 1.165) is 59.7 Å². The second-order valence-corrected chi connectivity index (χ2v) is 17.0. The van der Waals surface area contributed by atoms with Crippen LogP contribution in [0.3, 0.4) is 0 Å². The molecule has 1 saturated heterocycles. The van der Waals surface area contributed by atoms with Crippen LogP contribution < -0.4 is 16.0 Å². The second-order valence-electron chi connectivity index (χ2n) is 15.7. The lowest BCUT2D eigenvalue weighted by Crippen LogP contribution is -2.69. The highest BCUT2D eigenvalue weighted by molar-refractivity contribution is 7.17. The van der Waals surface area contributed by atoms with E-state index >= 15 is 4.79 Å². The molecule has 11 nitrogen and oxygen atoms in total. The summed E-state index contributed by atoms with van der Waals surface area (Å²) in [7, 11) is 0. The minimum absolute atomic E-state index is 0.0456. The van der Waals surface area contributed by atoms with Crippen molar-refractivity contribution < 1.29 is 29.1 Å². The van der Waals surface area contributed by atoms with Crippen molar-refractivity contribution in [2.75, 3.05) is 6.54 Å². The van der Waals surface area contributed by atoms with Crippen molar-refractivity contribution in [2.24, 2.45) is 11.1 Å². The molecule has 3 heterocycles. The van der Waals surface area contributed by atoms with Gasteiger partial charge in [0.25, 0.3) is 0 Å². The van der Waals surface area contributed by atoms with Gasteiger partial charge in [0.2, 0.25) is 17.7 Å². The van der Waals surface area contributed by atoms with Gasteiger partial charge >= 0.3 is 0 Å². The number of likely N-dealkylation sites (tertiary alicyclic amines) is 1. The summed E-state index contributed by atoms with van der Waals surface area (Å²) in [4.78, 5) is 63.2. The lowest BCUT2D eigenvalue weighted by molar-refractivity contribution is -0.143. The quantitative estimate of drug-likeness (QED) is 0.115. The Kier molecular flexibility index (Phi) is 11.7. The Balaban J connectivity index is 1.21. The summed E-state index contributed by atoms with van der Waals surface area (Å²) >= 11 is 7.90. The number of amides is 3. The predicted octanol–water partition coefficient (Wildman–Crippen LogP) is 5.64. The largest absolute Gasteiger partial charge is 0.387 e. The van der Waals surface area contributed by atoms with E-state index < -0.39 is 41.3 Å². The summed E-state index contributed by atoms with van der Waals surface area (Å²) in [6.45, 7) is 1.97. The Morgan fingerprint density at radius 1 is 1.13 bits per heavy atom. The first-order valence-electron chi connectivity index (χ1n) is 19.4. The van der Waals surface area contributed by atoms with Gasteiger partial charge < -0.3 is 30.3 Å². The van der Waals surface area contributed by atoms with Crippen molar-refractivity contribution in [3.63, 3.8) is 0 Å². The van der Waals surface area contributed by atoms with Gasteiger partial charge in [0.05, 0.1) is 12.3 Å². The molecule has 54 heavy (non-hydrogen) atoms. The molecule has 4 N–H and O–H groups in total. The molecule has 2 aliphatic heterocycles. The summed E-state index contributed by atoms with van der Waals surface area (Å²) in [5, 5.41) is 28.6. The topological polar surface area (TPSA) is 149 Å². The Labute approximate surface area is 325 Å². The van der Waals surface area contributed by atoms with Crippen molar-refractivity contribution in [3.05, 3.63) is 70.1 Å². The van der Waals surface area contributed by atoms with E-state index in [2.05, 4.69) is 21.1 Å². The van der Waals surface area contributed by atoms with E-state index in [9.17, 15) is 19.5 Å². The summed E-state index contributed by atoms with van der Waals surface area (Å²) in [6, 6.07) is 13.4. The first-order valence-corrected chi connectivity index (χ1v) is 20.7. The zero-order valence-electron chi connectivity index (χ0n) is 30.7. The maximum Gasteiger partial charge on any atom is 0.246 e. The fourth-order valence-electron chi connectivity index (χ4n) is 8.55. The van der Waals surface area contributed by atoms with Gasteiger partial charge in [0.1, 0.15) is 23.9 Å². The molecule has 3 fully saturated rings. The first-order chi connectivity index (χ1) is 26.1. The molecule has 288 valence electrons. The van der Waals surface area contributed by atoms with Crippen LogP contribution in [0.15, 0.2) is 59.1 Å². The van der Waals surface area contributed by atoms with Crippen LogP contribution in [-0.4, -0.2) is 81.8 Å². The molecule has 3 aromatic rings. The third kappa shape index (κ3) is 8.51. The number of oxime groups is 1. The number of rotatable bonds is 15. The van der Waals surface area contributed by atoms with Gasteiger partial charge in [-0.05, 0) is 72.6 Å². The molecule has 2 saturated carbocycles. The third-order valence-corrected chi connectivity index (χ3v) is 12.7. The molecule has 2 aromatic carbocycles. The number of hydrogen-bond donors (Lipinski definition) is 4. The van der Waals surface area contributed by atoms with Crippen LogP contribution in [0.4, 0.5) is 0 Å².